The number of hydrogen-bond acceptors (Lipinski definition) is 4. The molecule has 1 rings (SSSR count). The van der Waals surface area contributed by atoms with Crippen LogP contribution < -0.4 is 0 Å². The van der Waals surface area contributed by atoms with Crippen LogP contribution in [0.2, 0.25) is 0 Å². The van der Waals surface area contributed by atoms with Gasteiger partial charge >= 0.3 is 0 Å². The molecule has 1 heterocycles. The molecule has 0 spiro atoms. The van der Waals surface area contributed by atoms with Gasteiger partial charge in [-0.3, -0.25) is 4.90 Å². The molecule has 1 aliphatic heterocycles. The van der Waals surface area contributed by atoms with Crippen LogP contribution >= 0.6 is 0 Å². The Morgan fingerprint density at radius 2 is 2.07 bits per heavy atom. The molecule has 0 bridgehead atoms. The number of rotatable bonds is 3. The minimum absolute atomic E-state index is 0.0751. The van der Waals surface area contributed by atoms with Gasteiger partial charge in [0.25, 0.3) is 0 Å². The monoisotopic (exact) mass is 235 g/mol. The van der Waals surface area contributed by atoms with E-state index in [1.165, 1.54) is 0 Å². The van der Waals surface area contributed by atoms with Crippen molar-refractivity contribution in [2.24, 2.45) is 0 Å². The van der Waals surface area contributed by atoms with Crippen LogP contribution in [0.3, 0.4) is 0 Å². The summed E-state index contributed by atoms with van der Waals surface area (Å²) in [6.45, 7) is 6.84. The molecule has 0 radical (unpaired) electrons. The predicted octanol–water partition coefficient (Wildman–Crippen LogP) is 0.266. The molecule has 0 aromatic carbocycles. The second-order valence-electron chi connectivity index (χ2n) is 5.06. The highest BCUT2D eigenvalue weighted by Gasteiger charge is 2.28. The van der Waals surface area contributed by atoms with Crippen molar-refractivity contribution in [1.29, 1.82) is 0 Å². The third-order valence-electron chi connectivity index (χ3n) is 2.82. The molecule has 0 aromatic heterocycles. The summed E-state index contributed by atoms with van der Waals surface area (Å²) in [4.78, 5) is 2.14. The summed E-state index contributed by atoms with van der Waals surface area (Å²) in [6, 6.07) is 0.0751. The lowest BCUT2D eigenvalue weighted by molar-refractivity contribution is 0.0538. The first-order valence-corrected chi connectivity index (χ1v) is 7.19. The Bertz CT molecular complexity index is 305. The fourth-order valence-corrected chi connectivity index (χ4v) is 3.41. The van der Waals surface area contributed by atoms with E-state index in [0.29, 0.717) is 13.0 Å². The summed E-state index contributed by atoms with van der Waals surface area (Å²) in [5.41, 5.74) is -0.671. The van der Waals surface area contributed by atoms with Gasteiger partial charge in [-0.15, -0.1) is 0 Å². The molecule has 1 aliphatic rings. The number of hydrogen-bond donors (Lipinski definition) is 1. The Morgan fingerprint density at radius 1 is 1.47 bits per heavy atom. The Morgan fingerprint density at radius 3 is 2.53 bits per heavy atom. The zero-order valence-electron chi connectivity index (χ0n) is 9.73. The van der Waals surface area contributed by atoms with E-state index in [1.54, 1.807) is 13.8 Å². The van der Waals surface area contributed by atoms with Gasteiger partial charge in [-0.2, -0.15) is 0 Å². The molecular formula is C10H21NO3S. The van der Waals surface area contributed by atoms with Crippen LogP contribution in [-0.2, 0) is 9.84 Å². The first kappa shape index (κ1) is 12.9. The fourth-order valence-electron chi connectivity index (χ4n) is 1.78. The van der Waals surface area contributed by atoms with E-state index in [4.69, 9.17) is 0 Å². The molecule has 1 saturated heterocycles. The van der Waals surface area contributed by atoms with Gasteiger partial charge in [0.15, 0.2) is 9.84 Å². The number of sulfone groups is 1. The molecule has 1 N–H and O–H groups in total. The van der Waals surface area contributed by atoms with Crippen molar-refractivity contribution in [3.63, 3.8) is 0 Å². The van der Waals surface area contributed by atoms with Crippen LogP contribution in [0.15, 0.2) is 0 Å². The van der Waals surface area contributed by atoms with Crippen LogP contribution in [0.5, 0.6) is 0 Å². The summed E-state index contributed by atoms with van der Waals surface area (Å²) < 4.78 is 22.7. The lowest BCUT2D eigenvalue weighted by atomic mass is 10.1. The van der Waals surface area contributed by atoms with E-state index in [0.717, 1.165) is 6.54 Å². The minimum Gasteiger partial charge on any atom is -0.390 e. The molecule has 0 aliphatic carbocycles. The van der Waals surface area contributed by atoms with Gasteiger partial charge in [-0.05, 0) is 27.2 Å². The summed E-state index contributed by atoms with van der Waals surface area (Å²) >= 11 is 0. The van der Waals surface area contributed by atoms with Crippen molar-refractivity contribution in [2.75, 3.05) is 24.6 Å². The van der Waals surface area contributed by atoms with Crippen molar-refractivity contribution in [3.05, 3.63) is 0 Å². The van der Waals surface area contributed by atoms with Gasteiger partial charge in [0.05, 0.1) is 17.1 Å². The van der Waals surface area contributed by atoms with Crippen molar-refractivity contribution < 1.29 is 13.5 Å². The zero-order valence-corrected chi connectivity index (χ0v) is 10.5. The lowest BCUT2D eigenvalue weighted by Crippen LogP contribution is -2.48. The topological polar surface area (TPSA) is 57.6 Å². The Hall–Kier alpha value is -0.130. The van der Waals surface area contributed by atoms with Gasteiger partial charge in [0.2, 0.25) is 0 Å². The van der Waals surface area contributed by atoms with E-state index in [1.807, 2.05) is 6.92 Å². The van der Waals surface area contributed by atoms with Gasteiger partial charge in [0.1, 0.15) is 0 Å². The van der Waals surface area contributed by atoms with Crippen LogP contribution in [0, 0.1) is 0 Å². The molecule has 1 atom stereocenters. The standard InChI is InChI=1S/C10H21NO3S/c1-9-8-15(13,14)7-6-11(9)5-4-10(2,3)12/h9,12H,4-8H2,1-3H3. The minimum atomic E-state index is -2.82. The summed E-state index contributed by atoms with van der Waals surface area (Å²) in [5, 5.41) is 9.59. The molecule has 0 saturated carbocycles. The Kier molecular flexibility index (Phi) is 3.79. The fraction of sp³-hybridized carbons (Fsp3) is 1.00. The van der Waals surface area contributed by atoms with E-state index < -0.39 is 15.4 Å². The van der Waals surface area contributed by atoms with Gasteiger partial charge in [-0.1, -0.05) is 0 Å². The van der Waals surface area contributed by atoms with E-state index in [-0.39, 0.29) is 17.5 Å². The van der Waals surface area contributed by atoms with Crippen molar-refractivity contribution in [2.45, 2.75) is 38.8 Å². The van der Waals surface area contributed by atoms with Crippen LogP contribution in [0.1, 0.15) is 27.2 Å². The molecule has 15 heavy (non-hydrogen) atoms. The van der Waals surface area contributed by atoms with Gasteiger partial charge in [0, 0.05) is 19.1 Å². The van der Waals surface area contributed by atoms with Gasteiger partial charge < -0.3 is 5.11 Å². The number of nitrogens with zero attached hydrogens (tertiary/aromatic N) is 1. The summed E-state index contributed by atoms with van der Waals surface area (Å²) in [7, 11) is -2.82. The Balaban J connectivity index is 2.46. The van der Waals surface area contributed by atoms with E-state index in [2.05, 4.69) is 4.90 Å². The normalized spacial score (nSPS) is 27.9. The first-order chi connectivity index (χ1) is 6.70. The highest BCUT2D eigenvalue weighted by atomic mass is 32.2. The maximum atomic E-state index is 11.3. The van der Waals surface area contributed by atoms with Crippen LogP contribution in [0.25, 0.3) is 0 Å². The molecule has 1 fully saturated rings. The molecular weight excluding hydrogens is 214 g/mol. The number of aliphatic hydroxyl groups is 1. The Labute approximate surface area is 92.2 Å². The molecule has 4 nitrogen and oxygen atoms in total. The quantitative estimate of drug-likeness (QED) is 0.762. The third kappa shape index (κ3) is 4.49. The molecule has 5 heteroatoms. The molecule has 90 valence electrons. The second kappa shape index (κ2) is 4.39. The maximum absolute atomic E-state index is 11.3. The smallest absolute Gasteiger partial charge is 0.153 e. The van der Waals surface area contributed by atoms with Gasteiger partial charge in [-0.25, -0.2) is 8.42 Å². The maximum Gasteiger partial charge on any atom is 0.153 e. The van der Waals surface area contributed by atoms with Crippen LogP contribution in [0.4, 0.5) is 0 Å². The molecule has 0 aromatic rings. The average molecular weight is 235 g/mol. The highest BCUT2D eigenvalue weighted by molar-refractivity contribution is 7.91. The molecule has 1 unspecified atom stereocenters. The third-order valence-corrected chi connectivity index (χ3v) is 4.61. The van der Waals surface area contributed by atoms with Crippen molar-refractivity contribution in [1.82, 2.24) is 4.90 Å². The lowest BCUT2D eigenvalue weighted by Gasteiger charge is -2.34. The average Bonchev–Trinajstić information content (AvgIpc) is 1.99. The largest absolute Gasteiger partial charge is 0.390 e. The SMILES string of the molecule is CC1CS(=O)(=O)CCN1CCC(C)(C)O. The van der Waals surface area contributed by atoms with Crippen molar-refractivity contribution in [3.8, 4) is 0 Å². The van der Waals surface area contributed by atoms with E-state index >= 15 is 0 Å². The summed E-state index contributed by atoms with van der Waals surface area (Å²) in [5.74, 6) is 0.502. The predicted molar refractivity (Wildman–Crippen MR) is 60.6 cm³/mol. The van der Waals surface area contributed by atoms with E-state index in [9.17, 15) is 13.5 Å². The summed E-state index contributed by atoms with van der Waals surface area (Å²) in [6.07, 6.45) is 0.678. The van der Waals surface area contributed by atoms with Crippen LogP contribution in [-0.4, -0.2) is 54.7 Å². The zero-order chi connectivity index (χ0) is 11.7. The highest BCUT2D eigenvalue weighted by Crippen LogP contribution is 2.15. The second-order valence-corrected chi connectivity index (χ2v) is 7.29. The molecule has 0 amide bonds. The van der Waals surface area contributed by atoms with Crippen molar-refractivity contribution >= 4 is 9.84 Å². The first-order valence-electron chi connectivity index (χ1n) is 5.36.